The largest absolute Gasteiger partial charge is 0.394 e. The molecular weight excluding hydrogens is 289 g/mol. The highest BCUT2D eigenvalue weighted by atomic mass is 79.9. The maximum absolute atomic E-state index is 13.3. The molecule has 1 aromatic rings. The van der Waals surface area contributed by atoms with Crippen molar-refractivity contribution in [2.24, 2.45) is 0 Å². The van der Waals surface area contributed by atoms with Gasteiger partial charge in [0.1, 0.15) is 5.82 Å². The number of carbonyl (C=O) groups excluding carboxylic acids is 1. The Balaban J connectivity index is 2.86. The number of rotatable bonds is 4. The standard InChI is InChI=1S/C12H15BrFNO2/c1-3-12(2,7-16)15-11(17)8-4-5-9(13)10(14)6-8/h4-6,16H,3,7H2,1-2H3,(H,15,17). The Hall–Kier alpha value is -0.940. The molecular formula is C12H15BrFNO2. The van der Waals surface area contributed by atoms with Crippen molar-refractivity contribution in [2.45, 2.75) is 25.8 Å². The molecule has 0 bridgehead atoms. The SMILES string of the molecule is CCC(C)(CO)NC(=O)c1ccc(Br)c(F)c1. The van der Waals surface area contributed by atoms with E-state index >= 15 is 0 Å². The van der Waals surface area contributed by atoms with Crippen molar-refractivity contribution >= 4 is 21.8 Å². The van der Waals surface area contributed by atoms with Gasteiger partial charge in [0.15, 0.2) is 0 Å². The van der Waals surface area contributed by atoms with Crippen LogP contribution in [-0.4, -0.2) is 23.2 Å². The molecule has 1 atom stereocenters. The number of hydrogen-bond acceptors (Lipinski definition) is 2. The quantitative estimate of drug-likeness (QED) is 0.898. The highest BCUT2D eigenvalue weighted by Gasteiger charge is 2.24. The van der Waals surface area contributed by atoms with Gasteiger partial charge in [0.2, 0.25) is 0 Å². The number of amides is 1. The van der Waals surface area contributed by atoms with E-state index < -0.39 is 17.3 Å². The first-order chi connectivity index (χ1) is 7.91. The molecule has 5 heteroatoms. The van der Waals surface area contributed by atoms with Gasteiger partial charge in [0, 0.05) is 5.56 Å². The van der Waals surface area contributed by atoms with Crippen molar-refractivity contribution in [1.29, 1.82) is 0 Å². The lowest BCUT2D eigenvalue weighted by Crippen LogP contribution is -2.48. The van der Waals surface area contributed by atoms with Gasteiger partial charge in [0.05, 0.1) is 16.6 Å². The number of hydrogen-bond donors (Lipinski definition) is 2. The van der Waals surface area contributed by atoms with Crippen LogP contribution in [0.2, 0.25) is 0 Å². The molecule has 0 spiro atoms. The fourth-order valence-corrected chi connectivity index (χ4v) is 1.47. The molecule has 0 aliphatic heterocycles. The predicted octanol–water partition coefficient (Wildman–Crippen LogP) is 2.48. The predicted molar refractivity (Wildman–Crippen MR) is 67.3 cm³/mol. The molecule has 0 heterocycles. The Kier molecular flexibility index (Phi) is 4.65. The van der Waals surface area contributed by atoms with Gasteiger partial charge in [-0.1, -0.05) is 6.92 Å². The third kappa shape index (κ3) is 3.51. The summed E-state index contributed by atoms with van der Waals surface area (Å²) in [5.41, 5.74) is -0.445. The Morgan fingerprint density at radius 1 is 1.59 bits per heavy atom. The zero-order valence-electron chi connectivity index (χ0n) is 9.76. The molecule has 1 amide bonds. The maximum Gasteiger partial charge on any atom is 0.251 e. The summed E-state index contributed by atoms with van der Waals surface area (Å²) in [5.74, 6) is -0.880. The number of aliphatic hydroxyl groups is 1. The smallest absolute Gasteiger partial charge is 0.251 e. The lowest BCUT2D eigenvalue weighted by atomic mass is 9.99. The molecule has 0 saturated heterocycles. The van der Waals surface area contributed by atoms with Gasteiger partial charge in [-0.25, -0.2) is 4.39 Å². The molecule has 3 nitrogen and oxygen atoms in total. The molecule has 0 radical (unpaired) electrons. The average molecular weight is 304 g/mol. The average Bonchev–Trinajstić information content (AvgIpc) is 2.32. The van der Waals surface area contributed by atoms with E-state index in [1.807, 2.05) is 6.92 Å². The Labute approximate surface area is 108 Å². The van der Waals surface area contributed by atoms with Gasteiger partial charge in [-0.2, -0.15) is 0 Å². The minimum atomic E-state index is -0.680. The Morgan fingerprint density at radius 3 is 2.71 bits per heavy atom. The van der Waals surface area contributed by atoms with Crippen molar-refractivity contribution in [1.82, 2.24) is 5.32 Å². The first-order valence-corrected chi connectivity index (χ1v) is 6.09. The van der Waals surface area contributed by atoms with E-state index in [9.17, 15) is 14.3 Å². The molecule has 0 fully saturated rings. The van der Waals surface area contributed by atoms with E-state index in [1.54, 1.807) is 6.92 Å². The second-order valence-corrected chi connectivity index (χ2v) is 5.01. The van der Waals surface area contributed by atoms with Crippen LogP contribution in [0.25, 0.3) is 0 Å². The first kappa shape index (κ1) is 14.1. The molecule has 1 unspecified atom stereocenters. The highest BCUT2D eigenvalue weighted by molar-refractivity contribution is 9.10. The zero-order valence-corrected chi connectivity index (χ0v) is 11.3. The lowest BCUT2D eigenvalue weighted by Gasteiger charge is -2.27. The molecule has 0 aromatic heterocycles. The van der Waals surface area contributed by atoms with Crippen LogP contribution in [-0.2, 0) is 0 Å². The van der Waals surface area contributed by atoms with Crippen molar-refractivity contribution < 1.29 is 14.3 Å². The number of carbonyl (C=O) groups is 1. The summed E-state index contributed by atoms with van der Waals surface area (Å²) in [6.07, 6.45) is 0.592. The van der Waals surface area contributed by atoms with E-state index in [0.717, 1.165) is 6.07 Å². The maximum atomic E-state index is 13.3. The van der Waals surface area contributed by atoms with Crippen LogP contribution in [0.1, 0.15) is 30.6 Å². The van der Waals surface area contributed by atoms with Crippen LogP contribution in [0.15, 0.2) is 22.7 Å². The minimum absolute atomic E-state index is 0.158. The van der Waals surface area contributed by atoms with Crippen molar-refractivity contribution in [3.05, 3.63) is 34.1 Å². The lowest BCUT2D eigenvalue weighted by molar-refractivity contribution is 0.0847. The van der Waals surface area contributed by atoms with Gasteiger partial charge >= 0.3 is 0 Å². The Bertz CT molecular complexity index is 419. The monoisotopic (exact) mass is 303 g/mol. The normalized spacial score (nSPS) is 14.2. The molecule has 0 aliphatic carbocycles. The number of aliphatic hydroxyl groups excluding tert-OH is 1. The van der Waals surface area contributed by atoms with E-state index in [0.29, 0.717) is 10.9 Å². The van der Waals surface area contributed by atoms with Crippen LogP contribution in [0.4, 0.5) is 4.39 Å². The second-order valence-electron chi connectivity index (χ2n) is 4.16. The second kappa shape index (κ2) is 5.60. The van der Waals surface area contributed by atoms with Crippen molar-refractivity contribution in [3.63, 3.8) is 0 Å². The molecule has 94 valence electrons. The summed E-state index contributed by atoms with van der Waals surface area (Å²) in [7, 11) is 0. The zero-order chi connectivity index (χ0) is 13.1. The van der Waals surface area contributed by atoms with Crippen LogP contribution in [0.5, 0.6) is 0 Å². The van der Waals surface area contributed by atoms with Gasteiger partial charge in [-0.05, 0) is 47.5 Å². The molecule has 0 saturated carbocycles. The van der Waals surface area contributed by atoms with Gasteiger partial charge in [0.25, 0.3) is 5.91 Å². The third-order valence-electron chi connectivity index (χ3n) is 2.73. The van der Waals surface area contributed by atoms with Crippen LogP contribution in [0.3, 0.4) is 0 Å². The van der Waals surface area contributed by atoms with E-state index in [2.05, 4.69) is 21.2 Å². The first-order valence-electron chi connectivity index (χ1n) is 5.30. The van der Waals surface area contributed by atoms with E-state index in [-0.39, 0.29) is 12.2 Å². The van der Waals surface area contributed by atoms with Crippen molar-refractivity contribution in [2.75, 3.05) is 6.61 Å². The summed E-state index contributed by atoms with van der Waals surface area (Å²) in [6, 6.07) is 4.16. The molecule has 17 heavy (non-hydrogen) atoms. The number of nitrogens with one attached hydrogen (secondary N) is 1. The van der Waals surface area contributed by atoms with E-state index in [1.165, 1.54) is 12.1 Å². The number of benzene rings is 1. The van der Waals surface area contributed by atoms with Gasteiger partial charge < -0.3 is 10.4 Å². The summed E-state index contributed by atoms with van der Waals surface area (Å²) >= 11 is 3.02. The minimum Gasteiger partial charge on any atom is -0.394 e. The summed E-state index contributed by atoms with van der Waals surface area (Å²) in [5, 5.41) is 11.9. The Morgan fingerprint density at radius 2 is 2.24 bits per heavy atom. The topological polar surface area (TPSA) is 49.3 Å². The highest BCUT2D eigenvalue weighted by Crippen LogP contribution is 2.17. The summed E-state index contributed by atoms with van der Waals surface area (Å²) < 4.78 is 13.6. The van der Waals surface area contributed by atoms with Crippen LogP contribution in [0, 0.1) is 5.82 Å². The van der Waals surface area contributed by atoms with Crippen molar-refractivity contribution in [3.8, 4) is 0 Å². The van der Waals surface area contributed by atoms with Crippen LogP contribution >= 0.6 is 15.9 Å². The van der Waals surface area contributed by atoms with E-state index in [4.69, 9.17) is 0 Å². The molecule has 1 rings (SSSR count). The summed E-state index contributed by atoms with van der Waals surface area (Å²) in [6.45, 7) is 3.44. The fraction of sp³-hybridized carbons (Fsp3) is 0.417. The fourth-order valence-electron chi connectivity index (χ4n) is 1.22. The number of halogens is 2. The van der Waals surface area contributed by atoms with Crippen LogP contribution < -0.4 is 5.32 Å². The van der Waals surface area contributed by atoms with Gasteiger partial charge in [-0.15, -0.1) is 0 Å². The molecule has 2 N–H and O–H groups in total. The third-order valence-corrected chi connectivity index (χ3v) is 3.37. The molecule has 1 aromatic carbocycles. The molecule has 0 aliphatic rings. The van der Waals surface area contributed by atoms with Gasteiger partial charge in [-0.3, -0.25) is 4.79 Å². The summed E-state index contributed by atoms with van der Waals surface area (Å²) in [4.78, 5) is 11.8.